The zero-order chi connectivity index (χ0) is 14.6. The summed E-state index contributed by atoms with van der Waals surface area (Å²) < 4.78 is 50.6. The molecule has 19 heavy (non-hydrogen) atoms. The van der Waals surface area contributed by atoms with Gasteiger partial charge in [-0.1, -0.05) is 0 Å². The Hall–Kier alpha value is -1.70. The molecule has 0 saturated heterocycles. The van der Waals surface area contributed by atoms with Gasteiger partial charge >= 0.3 is 0 Å². The van der Waals surface area contributed by atoms with E-state index >= 15 is 0 Å². The van der Waals surface area contributed by atoms with Gasteiger partial charge in [-0.2, -0.15) is 0 Å². The van der Waals surface area contributed by atoms with Crippen LogP contribution in [-0.4, -0.2) is 27.1 Å². The summed E-state index contributed by atoms with van der Waals surface area (Å²) in [7, 11) is -2.71. The van der Waals surface area contributed by atoms with Crippen LogP contribution < -0.4 is 11.1 Å². The van der Waals surface area contributed by atoms with Crippen molar-refractivity contribution < 1.29 is 22.0 Å². The van der Waals surface area contributed by atoms with Gasteiger partial charge in [0.25, 0.3) is 0 Å². The molecule has 0 aromatic heterocycles. The highest BCUT2D eigenvalue weighted by Gasteiger charge is 2.24. The molecule has 0 aliphatic rings. The quantitative estimate of drug-likeness (QED) is 0.787. The van der Waals surface area contributed by atoms with Crippen LogP contribution in [0.3, 0.4) is 0 Å². The lowest BCUT2D eigenvalue weighted by atomic mass is 10.3. The van der Waals surface area contributed by atoms with Gasteiger partial charge in [0.05, 0.1) is 5.75 Å². The molecule has 0 fully saturated rings. The minimum atomic E-state index is -4.13. The first-order chi connectivity index (χ1) is 8.77. The third-order valence-corrected chi connectivity index (χ3v) is 4.27. The number of nitrogen functional groups attached to an aromatic ring is 1. The molecule has 1 aromatic carbocycles. The third kappa shape index (κ3) is 3.88. The molecule has 0 atom stereocenters. The molecule has 5 nitrogen and oxygen atoms in total. The van der Waals surface area contributed by atoms with Crippen LogP contribution in [-0.2, 0) is 14.6 Å². The third-order valence-electron chi connectivity index (χ3n) is 2.43. The van der Waals surface area contributed by atoms with Gasteiger partial charge in [0.1, 0.15) is 16.5 Å². The Labute approximate surface area is 109 Å². The number of hydrogen-bond acceptors (Lipinski definition) is 4. The number of benzene rings is 1. The minimum Gasteiger partial charge on any atom is -0.399 e. The topological polar surface area (TPSA) is 89.3 Å². The molecule has 0 heterocycles. The Morgan fingerprint density at radius 2 is 1.84 bits per heavy atom. The van der Waals surface area contributed by atoms with Gasteiger partial charge in [-0.25, -0.2) is 17.2 Å². The summed E-state index contributed by atoms with van der Waals surface area (Å²) in [4.78, 5) is 9.94. The predicted octanol–water partition coefficient (Wildman–Crippen LogP) is 0.847. The monoisotopic (exact) mass is 292 g/mol. The first kappa shape index (κ1) is 15.4. The number of carbonyl (C=O) groups is 1. The number of rotatable bonds is 5. The van der Waals surface area contributed by atoms with Crippen LogP contribution in [0.4, 0.5) is 14.5 Å². The van der Waals surface area contributed by atoms with Crippen LogP contribution in [0.1, 0.15) is 12.8 Å². The van der Waals surface area contributed by atoms with Crippen LogP contribution in [0.25, 0.3) is 0 Å². The highest BCUT2D eigenvalue weighted by Crippen LogP contribution is 2.23. The molecule has 1 rings (SSSR count). The van der Waals surface area contributed by atoms with Crippen molar-refractivity contribution in [3.63, 3.8) is 0 Å². The number of halogens is 2. The zero-order valence-corrected chi connectivity index (χ0v) is 11.1. The van der Waals surface area contributed by atoms with E-state index < -0.39 is 32.1 Å². The van der Waals surface area contributed by atoms with E-state index in [-0.39, 0.29) is 24.4 Å². The minimum absolute atomic E-state index is 0.0226. The fraction of sp³-hybridized carbons (Fsp3) is 0.364. The number of nitrogens with two attached hydrogens (primary N) is 1. The Balaban J connectivity index is 2.92. The van der Waals surface area contributed by atoms with Crippen LogP contribution in [0.2, 0.25) is 0 Å². The molecule has 0 bridgehead atoms. The smallest absolute Gasteiger partial charge is 0.219 e. The van der Waals surface area contributed by atoms with E-state index in [0.717, 1.165) is 12.1 Å². The molecule has 0 aliphatic heterocycles. The van der Waals surface area contributed by atoms with Gasteiger partial charge in [0.2, 0.25) is 5.91 Å². The van der Waals surface area contributed by atoms with Gasteiger partial charge in [-0.05, 0) is 18.6 Å². The van der Waals surface area contributed by atoms with Gasteiger partial charge in [-0.3, -0.25) is 4.79 Å². The maximum atomic E-state index is 13.5. The Bertz CT molecular complexity index is 565. The van der Waals surface area contributed by atoms with Crippen molar-refractivity contribution in [1.82, 2.24) is 5.32 Å². The van der Waals surface area contributed by atoms with Crippen LogP contribution in [0, 0.1) is 11.6 Å². The van der Waals surface area contributed by atoms with E-state index in [1.54, 1.807) is 0 Å². The van der Waals surface area contributed by atoms with Gasteiger partial charge in [0, 0.05) is 19.2 Å². The number of sulfone groups is 1. The second-order valence-corrected chi connectivity index (χ2v) is 5.96. The zero-order valence-electron chi connectivity index (χ0n) is 10.2. The Kier molecular flexibility index (Phi) is 4.82. The lowest BCUT2D eigenvalue weighted by Crippen LogP contribution is -2.19. The molecule has 1 amide bonds. The summed E-state index contributed by atoms with van der Waals surface area (Å²) in [6.07, 6.45) is -0.0563. The molecular weight excluding hydrogens is 278 g/mol. The number of hydrogen-bond donors (Lipinski definition) is 2. The van der Waals surface area contributed by atoms with Crippen molar-refractivity contribution >= 4 is 21.4 Å². The molecule has 0 saturated carbocycles. The summed E-state index contributed by atoms with van der Waals surface area (Å²) >= 11 is 0. The lowest BCUT2D eigenvalue weighted by molar-refractivity contribution is -0.120. The van der Waals surface area contributed by atoms with E-state index in [1.165, 1.54) is 7.05 Å². The number of nitrogens with one attached hydrogen (secondary N) is 1. The van der Waals surface area contributed by atoms with Crippen molar-refractivity contribution in [1.29, 1.82) is 0 Å². The van der Waals surface area contributed by atoms with Crippen molar-refractivity contribution in [2.45, 2.75) is 17.7 Å². The fourth-order valence-electron chi connectivity index (χ4n) is 1.53. The number of amides is 1. The SMILES string of the molecule is CNC(=O)CCCS(=O)(=O)c1c(F)cc(N)cc1F. The van der Waals surface area contributed by atoms with E-state index in [2.05, 4.69) is 5.32 Å². The molecule has 3 N–H and O–H groups in total. The lowest BCUT2D eigenvalue weighted by Gasteiger charge is -2.07. The largest absolute Gasteiger partial charge is 0.399 e. The normalized spacial score (nSPS) is 11.3. The van der Waals surface area contributed by atoms with Gasteiger partial charge in [0.15, 0.2) is 9.84 Å². The van der Waals surface area contributed by atoms with Crippen LogP contribution in [0.15, 0.2) is 17.0 Å². The maximum Gasteiger partial charge on any atom is 0.219 e. The van der Waals surface area contributed by atoms with Crippen LogP contribution in [0.5, 0.6) is 0 Å². The van der Waals surface area contributed by atoms with Gasteiger partial charge in [-0.15, -0.1) is 0 Å². The highest BCUT2D eigenvalue weighted by molar-refractivity contribution is 7.91. The van der Waals surface area contributed by atoms with E-state index in [1.807, 2.05) is 0 Å². The molecule has 0 radical (unpaired) electrons. The molecular formula is C11H14F2N2O3S. The van der Waals surface area contributed by atoms with Crippen molar-refractivity contribution in [2.75, 3.05) is 18.5 Å². The summed E-state index contributed by atoms with van der Waals surface area (Å²) in [5.41, 5.74) is 5.01. The first-order valence-electron chi connectivity index (χ1n) is 5.46. The summed E-state index contributed by atoms with van der Waals surface area (Å²) in [5.74, 6) is -3.30. The molecule has 0 aliphatic carbocycles. The summed E-state index contributed by atoms with van der Waals surface area (Å²) in [5, 5.41) is 2.32. The summed E-state index contributed by atoms with van der Waals surface area (Å²) in [6.45, 7) is 0. The summed E-state index contributed by atoms with van der Waals surface area (Å²) in [6, 6.07) is 1.49. The maximum absolute atomic E-state index is 13.5. The number of anilines is 1. The van der Waals surface area contributed by atoms with Crippen LogP contribution >= 0.6 is 0 Å². The molecule has 8 heteroatoms. The predicted molar refractivity (Wildman–Crippen MR) is 66.1 cm³/mol. The Morgan fingerprint density at radius 1 is 1.32 bits per heavy atom. The second kappa shape index (κ2) is 5.96. The highest BCUT2D eigenvalue weighted by atomic mass is 32.2. The standard InChI is InChI=1S/C11H14F2N2O3S/c1-15-10(16)3-2-4-19(17,18)11-8(12)5-7(14)6-9(11)13/h5-6H,2-4,14H2,1H3,(H,15,16). The average Bonchev–Trinajstić information content (AvgIpc) is 2.26. The second-order valence-electron chi connectivity index (χ2n) is 3.91. The Morgan fingerprint density at radius 3 is 2.32 bits per heavy atom. The van der Waals surface area contributed by atoms with E-state index in [4.69, 9.17) is 5.73 Å². The van der Waals surface area contributed by atoms with Crippen molar-refractivity contribution in [2.24, 2.45) is 0 Å². The molecule has 1 aromatic rings. The van der Waals surface area contributed by atoms with E-state index in [9.17, 15) is 22.0 Å². The van der Waals surface area contributed by atoms with E-state index in [0.29, 0.717) is 0 Å². The van der Waals surface area contributed by atoms with Crippen molar-refractivity contribution in [3.8, 4) is 0 Å². The molecule has 0 unspecified atom stereocenters. The molecule has 106 valence electrons. The number of carbonyl (C=O) groups excluding carboxylic acids is 1. The van der Waals surface area contributed by atoms with Gasteiger partial charge < -0.3 is 11.1 Å². The fourth-order valence-corrected chi connectivity index (χ4v) is 2.97. The average molecular weight is 292 g/mol. The first-order valence-corrected chi connectivity index (χ1v) is 7.11. The molecule has 0 spiro atoms. The van der Waals surface area contributed by atoms with Crippen molar-refractivity contribution in [3.05, 3.63) is 23.8 Å².